The number of imide groups is 1. The molecule has 5 rings (SSSR count). The normalized spacial score (nSPS) is 30.1. The fraction of sp³-hybridized carbons (Fsp3) is 0.591. The van der Waals surface area contributed by atoms with E-state index < -0.39 is 6.04 Å². The third-order valence-electron chi connectivity index (χ3n) is 6.89. The van der Waals surface area contributed by atoms with E-state index in [9.17, 15) is 14.4 Å². The van der Waals surface area contributed by atoms with Gasteiger partial charge < -0.3 is 10.2 Å². The van der Waals surface area contributed by atoms with Crippen LogP contribution in [-0.2, 0) is 22.7 Å². The molecule has 4 aliphatic rings. The maximum Gasteiger partial charge on any atom is 0.255 e. The molecule has 0 saturated carbocycles. The summed E-state index contributed by atoms with van der Waals surface area (Å²) in [6.45, 7) is 5.58. The van der Waals surface area contributed by atoms with Gasteiger partial charge in [0.15, 0.2) is 0 Å². The van der Waals surface area contributed by atoms with Crippen LogP contribution in [0.15, 0.2) is 18.2 Å². The van der Waals surface area contributed by atoms with Crippen molar-refractivity contribution < 1.29 is 14.4 Å². The number of nitrogens with zero attached hydrogens (tertiary/aromatic N) is 2. The highest BCUT2D eigenvalue weighted by atomic mass is 16.2. The van der Waals surface area contributed by atoms with Gasteiger partial charge in [0.05, 0.1) is 0 Å². The predicted octanol–water partition coefficient (Wildman–Crippen LogP) is 0.879. The van der Waals surface area contributed by atoms with E-state index in [0.717, 1.165) is 55.3 Å². The summed E-state index contributed by atoms with van der Waals surface area (Å²) in [5.74, 6) is 0.745. The first-order chi connectivity index (χ1) is 14.1. The third-order valence-corrected chi connectivity index (χ3v) is 6.89. The van der Waals surface area contributed by atoms with E-state index in [1.54, 1.807) is 4.90 Å². The van der Waals surface area contributed by atoms with Crippen LogP contribution >= 0.6 is 0 Å². The number of carbonyl (C=O) groups is 3. The van der Waals surface area contributed by atoms with Crippen LogP contribution in [0.5, 0.6) is 0 Å². The average Bonchev–Trinajstić information content (AvgIpc) is 2.92. The molecule has 1 aromatic rings. The molecule has 3 atom stereocenters. The number of amides is 3. The molecular weight excluding hydrogens is 368 g/mol. The van der Waals surface area contributed by atoms with Gasteiger partial charge in [-0.25, -0.2) is 0 Å². The molecule has 154 valence electrons. The van der Waals surface area contributed by atoms with Gasteiger partial charge in [0, 0.05) is 38.2 Å². The number of hydrogen-bond donors (Lipinski definition) is 2. The van der Waals surface area contributed by atoms with Gasteiger partial charge in [-0.15, -0.1) is 0 Å². The molecule has 0 spiro atoms. The molecule has 0 aromatic heterocycles. The Morgan fingerprint density at radius 2 is 1.93 bits per heavy atom. The van der Waals surface area contributed by atoms with Crippen LogP contribution in [0.4, 0.5) is 0 Å². The third kappa shape index (κ3) is 3.57. The van der Waals surface area contributed by atoms with E-state index in [0.29, 0.717) is 18.9 Å². The van der Waals surface area contributed by atoms with Crippen molar-refractivity contribution in [3.63, 3.8) is 0 Å². The summed E-state index contributed by atoms with van der Waals surface area (Å²) < 4.78 is 0. The van der Waals surface area contributed by atoms with Gasteiger partial charge >= 0.3 is 0 Å². The maximum absolute atomic E-state index is 13.3. The highest BCUT2D eigenvalue weighted by Gasteiger charge is 2.40. The molecule has 4 aliphatic heterocycles. The Balaban J connectivity index is 1.35. The van der Waals surface area contributed by atoms with E-state index >= 15 is 0 Å². The molecule has 0 radical (unpaired) electrons. The maximum atomic E-state index is 13.3. The lowest BCUT2D eigenvalue weighted by Crippen LogP contribution is -2.52. The van der Waals surface area contributed by atoms with Crippen molar-refractivity contribution in [2.24, 2.45) is 11.8 Å². The summed E-state index contributed by atoms with van der Waals surface area (Å²) >= 11 is 0. The van der Waals surface area contributed by atoms with Gasteiger partial charge in [-0.05, 0) is 55.3 Å². The summed E-state index contributed by atoms with van der Waals surface area (Å²) in [4.78, 5) is 41.2. The lowest BCUT2D eigenvalue weighted by atomic mass is 9.88. The Morgan fingerprint density at radius 3 is 2.79 bits per heavy atom. The Morgan fingerprint density at radius 1 is 1.07 bits per heavy atom. The van der Waals surface area contributed by atoms with Crippen molar-refractivity contribution in [3.05, 3.63) is 34.9 Å². The second-order valence-electron chi connectivity index (χ2n) is 9.01. The monoisotopic (exact) mass is 396 g/mol. The molecule has 2 bridgehead atoms. The Bertz CT molecular complexity index is 840. The Hall–Kier alpha value is -2.25. The largest absolute Gasteiger partial charge is 0.322 e. The predicted molar refractivity (Wildman–Crippen MR) is 107 cm³/mol. The first-order valence-corrected chi connectivity index (χ1v) is 10.8. The minimum absolute atomic E-state index is 0.0683. The average molecular weight is 396 g/mol. The first-order valence-electron chi connectivity index (χ1n) is 10.8. The van der Waals surface area contributed by atoms with Crippen molar-refractivity contribution in [1.82, 2.24) is 20.4 Å². The molecular formula is C22H28N4O3. The van der Waals surface area contributed by atoms with E-state index in [1.165, 1.54) is 12.8 Å². The SMILES string of the molecule is O=C1CCC(N2Cc3cccc(CN4CC5CCNCC(C5)C4)c3C2=O)C(=O)N1. The van der Waals surface area contributed by atoms with E-state index in [1.807, 2.05) is 12.1 Å². The topological polar surface area (TPSA) is 81.8 Å². The minimum Gasteiger partial charge on any atom is -0.322 e. The number of piperidine rings is 2. The van der Waals surface area contributed by atoms with Gasteiger partial charge in [0.2, 0.25) is 11.8 Å². The van der Waals surface area contributed by atoms with Crippen LogP contribution < -0.4 is 10.6 Å². The standard InChI is InChI=1S/C22H28N4O3/c27-19-5-4-18(21(28)24-19)26-13-17-3-1-2-16(20(17)22(26)29)12-25-10-14-6-7-23-9-15(8-14)11-25/h1-3,14-15,18,23H,4-13H2,(H,24,27,28). The van der Waals surface area contributed by atoms with Gasteiger partial charge in [-0.3, -0.25) is 24.6 Å². The van der Waals surface area contributed by atoms with Crippen LogP contribution in [0, 0.1) is 11.8 Å². The number of likely N-dealkylation sites (tertiary alicyclic amines) is 1. The molecule has 1 aromatic carbocycles. The number of benzene rings is 1. The van der Waals surface area contributed by atoms with E-state index in [-0.39, 0.29) is 24.1 Å². The van der Waals surface area contributed by atoms with Gasteiger partial charge in [-0.2, -0.15) is 0 Å². The number of hydrogen-bond acceptors (Lipinski definition) is 5. The van der Waals surface area contributed by atoms with Gasteiger partial charge in [0.25, 0.3) is 5.91 Å². The number of carbonyl (C=O) groups excluding carboxylic acids is 3. The van der Waals surface area contributed by atoms with Crippen molar-refractivity contribution in [3.8, 4) is 0 Å². The van der Waals surface area contributed by atoms with Crippen molar-refractivity contribution in [1.29, 1.82) is 0 Å². The highest BCUT2D eigenvalue weighted by molar-refractivity contribution is 6.05. The second-order valence-corrected chi connectivity index (χ2v) is 9.01. The van der Waals surface area contributed by atoms with Crippen LogP contribution in [0.2, 0.25) is 0 Å². The zero-order valence-corrected chi connectivity index (χ0v) is 16.7. The lowest BCUT2D eigenvalue weighted by molar-refractivity contribution is -0.136. The quantitative estimate of drug-likeness (QED) is 0.742. The summed E-state index contributed by atoms with van der Waals surface area (Å²) in [5, 5.41) is 5.93. The summed E-state index contributed by atoms with van der Waals surface area (Å²) in [5.41, 5.74) is 2.83. The molecule has 29 heavy (non-hydrogen) atoms. The number of rotatable bonds is 3. The fourth-order valence-corrected chi connectivity index (χ4v) is 5.59. The van der Waals surface area contributed by atoms with Crippen LogP contribution in [-0.4, -0.2) is 59.7 Å². The van der Waals surface area contributed by atoms with Crippen LogP contribution in [0.25, 0.3) is 0 Å². The summed E-state index contributed by atoms with van der Waals surface area (Å²) in [6, 6.07) is 5.52. The highest BCUT2D eigenvalue weighted by Crippen LogP contribution is 2.32. The van der Waals surface area contributed by atoms with Crippen molar-refractivity contribution in [2.75, 3.05) is 26.2 Å². The molecule has 3 unspecified atom stereocenters. The molecule has 2 N–H and O–H groups in total. The van der Waals surface area contributed by atoms with E-state index in [2.05, 4.69) is 21.6 Å². The molecule has 7 heteroatoms. The lowest BCUT2D eigenvalue weighted by Gasteiger charge is -2.36. The Labute approximate surface area is 170 Å². The summed E-state index contributed by atoms with van der Waals surface area (Å²) in [6.07, 6.45) is 3.22. The molecule has 3 fully saturated rings. The molecule has 7 nitrogen and oxygen atoms in total. The molecule has 3 saturated heterocycles. The van der Waals surface area contributed by atoms with Gasteiger partial charge in [0.1, 0.15) is 6.04 Å². The Kier molecular flexibility index (Phi) is 4.87. The van der Waals surface area contributed by atoms with Crippen LogP contribution in [0.1, 0.15) is 47.2 Å². The minimum atomic E-state index is -0.551. The van der Waals surface area contributed by atoms with E-state index in [4.69, 9.17) is 0 Å². The molecule has 3 amide bonds. The number of nitrogens with one attached hydrogen (secondary N) is 2. The zero-order valence-electron chi connectivity index (χ0n) is 16.7. The second kappa shape index (κ2) is 7.54. The fourth-order valence-electron chi connectivity index (χ4n) is 5.59. The molecule has 4 heterocycles. The summed E-state index contributed by atoms with van der Waals surface area (Å²) in [7, 11) is 0. The zero-order chi connectivity index (χ0) is 20.0. The number of fused-ring (bicyclic) bond motifs is 3. The first kappa shape index (κ1) is 18.8. The van der Waals surface area contributed by atoms with Crippen molar-refractivity contribution >= 4 is 17.7 Å². The smallest absolute Gasteiger partial charge is 0.255 e. The van der Waals surface area contributed by atoms with Gasteiger partial charge in [-0.1, -0.05) is 18.2 Å². The molecule has 0 aliphatic carbocycles. The van der Waals surface area contributed by atoms with Crippen LogP contribution in [0.3, 0.4) is 0 Å². The van der Waals surface area contributed by atoms with Crippen molar-refractivity contribution in [2.45, 2.75) is 44.8 Å².